The van der Waals surface area contributed by atoms with Crippen LogP contribution in [0.2, 0.25) is 0 Å². The molecule has 0 atom stereocenters. The first-order valence-corrected chi connectivity index (χ1v) is 11.1. The van der Waals surface area contributed by atoms with E-state index in [0.29, 0.717) is 31.7 Å². The van der Waals surface area contributed by atoms with Gasteiger partial charge in [-0.2, -0.15) is 13.2 Å². The Kier molecular flexibility index (Phi) is 6.87. The molecule has 0 aliphatic carbocycles. The molecule has 0 radical (unpaired) electrons. The molecule has 2 saturated heterocycles. The SMILES string of the molecule is O=C(CN1CCN(C(=O)c2ccccc2C(F)(F)F)CC1)Nc1cccc(N2CCCC2=O)c1. The number of nitrogens with one attached hydrogen (secondary N) is 1. The van der Waals surface area contributed by atoms with Crippen LogP contribution in [0.4, 0.5) is 24.5 Å². The zero-order valence-corrected chi connectivity index (χ0v) is 18.5. The van der Waals surface area contributed by atoms with E-state index in [2.05, 4.69) is 5.32 Å². The Bertz CT molecular complexity index is 1080. The molecule has 2 aliphatic heterocycles. The number of anilines is 2. The van der Waals surface area contributed by atoms with Crippen LogP contribution < -0.4 is 10.2 Å². The summed E-state index contributed by atoms with van der Waals surface area (Å²) in [6.45, 7) is 1.95. The summed E-state index contributed by atoms with van der Waals surface area (Å²) >= 11 is 0. The number of hydrogen-bond acceptors (Lipinski definition) is 4. The van der Waals surface area contributed by atoms with Crippen molar-refractivity contribution in [1.29, 1.82) is 0 Å². The molecule has 3 amide bonds. The molecule has 0 saturated carbocycles. The lowest BCUT2D eigenvalue weighted by Crippen LogP contribution is -2.50. The lowest BCUT2D eigenvalue weighted by molar-refractivity contribution is -0.138. The van der Waals surface area contributed by atoms with Crippen LogP contribution in [0, 0.1) is 0 Å². The molecule has 180 valence electrons. The molecular formula is C24H25F3N4O3. The van der Waals surface area contributed by atoms with Gasteiger partial charge in [-0.15, -0.1) is 0 Å². The maximum Gasteiger partial charge on any atom is 0.417 e. The molecule has 2 fully saturated rings. The molecule has 0 bridgehead atoms. The quantitative estimate of drug-likeness (QED) is 0.723. The summed E-state index contributed by atoms with van der Waals surface area (Å²) in [4.78, 5) is 42.1. The van der Waals surface area contributed by atoms with Crippen LogP contribution in [-0.4, -0.2) is 66.8 Å². The molecule has 0 unspecified atom stereocenters. The lowest BCUT2D eigenvalue weighted by atomic mass is 10.1. The summed E-state index contributed by atoms with van der Waals surface area (Å²) in [7, 11) is 0. The first kappa shape index (κ1) is 23.7. The van der Waals surface area contributed by atoms with Gasteiger partial charge in [-0.3, -0.25) is 19.3 Å². The van der Waals surface area contributed by atoms with Crippen molar-refractivity contribution in [1.82, 2.24) is 9.80 Å². The van der Waals surface area contributed by atoms with Gasteiger partial charge >= 0.3 is 6.18 Å². The molecule has 34 heavy (non-hydrogen) atoms. The largest absolute Gasteiger partial charge is 0.417 e. The van der Waals surface area contributed by atoms with Gasteiger partial charge in [0.15, 0.2) is 0 Å². The van der Waals surface area contributed by atoms with E-state index in [1.165, 1.54) is 23.1 Å². The van der Waals surface area contributed by atoms with Crippen molar-refractivity contribution >= 4 is 29.1 Å². The van der Waals surface area contributed by atoms with Crippen molar-refractivity contribution in [3.05, 3.63) is 59.7 Å². The van der Waals surface area contributed by atoms with E-state index in [1.807, 2.05) is 11.0 Å². The second kappa shape index (κ2) is 9.84. The molecule has 2 aliphatic rings. The van der Waals surface area contributed by atoms with Crippen LogP contribution in [0.25, 0.3) is 0 Å². The highest BCUT2D eigenvalue weighted by Gasteiger charge is 2.36. The van der Waals surface area contributed by atoms with Crippen LogP contribution in [0.3, 0.4) is 0 Å². The van der Waals surface area contributed by atoms with E-state index in [0.717, 1.165) is 18.2 Å². The van der Waals surface area contributed by atoms with Gasteiger partial charge in [0.2, 0.25) is 11.8 Å². The Labute approximate surface area is 195 Å². The fraction of sp³-hybridized carbons (Fsp3) is 0.375. The number of rotatable bonds is 5. The third-order valence-electron chi connectivity index (χ3n) is 6.00. The third-order valence-corrected chi connectivity index (χ3v) is 6.00. The van der Waals surface area contributed by atoms with Crippen LogP contribution in [0.15, 0.2) is 48.5 Å². The van der Waals surface area contributed by atoms with Gasteiger partial charge in [0.05, 0.1) is 17.7 Å². The number of benzene rings is 2. The number of halogens is 3. The average molecular weight is 474 g/mol. The zero-order valence-electron chi connectivity index (χ0n) is 18.5. The average Bonchev–Trinajstić information content (AvgIpc) is 3.24. The van der Waals surface area contributed by atoms with Crippen molar-refractivity contribution in [2.24, 2.45) is 0 Å². The highest BCUT2D eigenvalue weighted by atomic mass is 19.4. The Hall–Kier alpha value is -3.40. The number of hydrogen-bond donors (Lipinski definition) is 1. The van der Waals surface area contributed by atoms with E-state index in [4.69, 9.17) is 0 Å². The molecule has 4 rings (SSSR count). The van der Waals surface area contributed by atoms with Crippen molar-refractivity contribution in [3.8, 4) is 0 Å². The Morgan fingerprint density at radius 2 is 1.68 bits per heavy atom. The third kappa shape index (κ3) is 5.39. The smallest absolute Gasteiger partial charge is 0.336 e. The van der Waals surface area contributed by atoms with Gasteiger partial charge < -0.3 is 15.1 Å². The number of alkyl halides is 3. The van der Waals surface area contributed by atoms with Gasteiger partial charge in [0.1, 0.15) is 0 Å². The summed E-state index contributed by atoms with van der Waals surface area (Å²) in [5, 5.41) is 2.83. The summed E-state index contributed by atoms with van der Waals surface area (Å²) in [5.41, 5.74) is 0.0172. The van der Waals surface area contributed by atoms with Crippen molar-refractivity contribution in [2.75, 3.05) is 49.5 Å². The summed E-state index contributed by atoms with van der Waals surface area (Å²) < 4.78 is 39.7. The van der Waals surface area contributed by atoms with E-state index >= 15 is 0 Å². The summed E-state index contributed by atoms with van der Waals surface area (Å²) in [5.74, 6) is -0.842. The Balaban J connectivity index is 1.31. The van der Waals surface area contributed by atoms with Gasteiger partial charge in [-0.05, 0) is 36.8 Å². The maximum absolute atomic E-state index is 13.2. The normalized spacial score (nSPS) is 17.2. The first-order valence-electron chi connectivity index (χ1n) is 11.1. The molecule has 1 N–H and O–H groups in total. The standard InChI is InChI=1S/C24H25F3N4O3/c25-24(26,27)20-8-2-1-7-19(20)23(34)30-13-11-29(12-14-30)16-21(32)28-17-5-3-6-18(15-17)31-10-4-9-22(31)33/h1-3,5-8,15H,4,9-14,16H2,(H,28,32). The van der Waals surface area contributed by atoms with E-state index in [-0.39, 0.29) is 37.0 Å². The monoisotopic (exact) mass is 474 g/mol. The van der Waals surface area contributed by atoms with Crippen LogP contribution in [0.1, 0.15) is 28.8 Å². The lowest BCUT2D eigenvalue weighted by Gasteiger charge is -2.34. The van der Waals surface area contributed by atoms with E-state index in [9.17, 15) is 27.6 Å². The number of nitrogens with zero attached hydrogens (tertiary/aromatic N) is 3. The van der Waals surface area contributed by atoms with Crippen LogP contribution in [0.5, 0.6) is 0 Å². The van der Waals surface area contributed by atoms with Gasteiger partial charge in [-0.1, -0.05) is 18.2 Å². The molecule has 2 aromatic carbocycles. The van der Waals surface area contributed by atoms with Crippen molar-refractivity contribution in [3.63, 3.8) is 0 Å². The molecule has 0 aromatic heterocycles. The molecule has 10 heteroatoms. The Morgan fingerprint density at radius 3 is 2.35 bits per heavy atom. The van der Waals surface area contributed by atoms with Gasteiger partial charge in [-0.25, -0.2) is 0 Å². The van der Waals surface area contributed by atoms with Crippen molar-refractivity contribution in [2.45, 2.75) is 19.0 Å². The topological polar surface area (TPSA) is 73.0 Å². The minimum atomic E-state index is -4.61. The molecule has 0 spiro atoms. The first-order chi connectivity index (χ1) is 16.2. The fourth-order valence-electron chi connectivity index (χ4n) is 4.27. The fourth-order valence-corrected chi connectivity index (χ4v) is 4.27. The minimum absolute atomic E-state index is 0.0637. The highest BCUT2D eigenvalue weighted by Crippen LogP contribution is 2.32. The minimum Gasteiger partial charge on any atom is -0.336 e. The van der Waals surface area contributed by atoms with E-state index < -0.39 is 17.6 Å². The second-order valence-electron chi connectivity index (χ2n) is 8.36. The van der Waals surface area contributed by atoms with E-state index in [1.54, 1.807) is 23.1 Å². The Morgan fingerprint density at radius 1 is 0.941 bits per heavy atom. The predicted octanol–water partition coefficient (Wildman–Crippen LogP) is 3.23. The van der Waals surface area contributed by atoms with Gasteiger partial charge in [0, 0.05) is 50.5 Å². The molecular weight excluding hydrogens is 449 g/mol. The van der Waals surface area contributed by atoms with Crippen LogP contribution in [-0.2, 0) is 15.8 Å². The predicted molar refractivity (Wildman–Crippen MR) is 120 cm³/mol. The zero-order chi connectivity index (χ0) is 24.3. The van der Waals surface area contributed by atoms with Crippen molar-refractivity contribution < 1.29 is 27.6 Å². The summed E-state index contributed by atoms with van der Waals surface area (Å²) in [6.07, 6.45) is -3.27. The number of carbonyl (C=O) groups is 3. The van der Waals surface area contributed by atoms with Gasteiger partial charge in [0.25, 0.3) is 5.91 Å². The molecule has 2 aromatic rings. The molecule has 2 heterocycles. The second-order valence-corrected chi connectivity index (χ2v) is 8.36. The van der Waals surface area contributed by atoms with Crippen LogP contribution >= 0.6 is 0 Å². The molecule has 7 nitrogen and oxygen atoms in total. The number of piperazine rings is 1. The summed E-state index contributed by atoms with van der Waals surface area (Å²) in [6, 6.07) is 11.9. The number of carbonyl (C=O) groups excluding carboxylic acids is 3. The highest BCUT2D eigenvalue weighted by molar-refractivity contribution is 5.97. The number of amides is 3. The maximum atomic E-state index is 13.2.